The third kappa shape index (κ3) is 2.98. The van der Waals surface area contributed by atoms with Crippen molar-refractivity contribution in [2.45, 2.75) is 6.92 Å². The molecule has 2 rings (SSSR count). The first-order chi connectivity index (χ1) is 9.10. The van der Waals surface area contributed by atoms with Gasteiger partial charge in [-0.1, -0.05) is 0 Å². The van der Waals surface area contributed by atoms with E-state index in [4.69, 9.17) is 9.84 Å². The van der Waals surface area contributed by atoms with Gasteiger partial charge in [-0.25, -0.2) is 14.8 Å². The summed E-state index contributed by atoms with van der Waals surface area (Å²) in [5.41, 5.74) is 1.72. The third-order valence-electron chi connectivity index (χ3n) is 2.58. The fourth-order valence-electron chi connectivity index (χ4n) is 1.65. The molecule has 98 valence electrons. The first kappa shape index (κ1) is 12.8. The summed E-state index contributed by atoms with van der Waals surface area (Å²) in [6.45, 7) is 1.75. The number of nitrogens with one attached hydrogen (secondary N) is 1. The standard InChI is InChI=1S/C13H13N3O3/c1-8-5-9(3-4-10(8)13(17)18)16-11-6-12(19-2)15-7-14-11/h3-7H,1-2H3,(H,17,18)(H,14,15,16). The summed E-state index contributed by atoms with van der Waals surface area (Å²) in [5.74, 6) is 0.0958. The van der Waals surface area contributed by atoms with Gasteiger partial charge in [0.25, 0.3) is 0 Å². The van der Waals surface area contributed by atoms with Gasteiger partial charge >= 0.3 is 5.97 Å². The van der Waals surface area contributed by atoms with Gasteiger partial charge in [-0.3, -0.25) is 0 Å². The smallest absolute Gasteiger partial charge is 0.335 e. The summed E-state index contributed by atoms with van der Waals surface area (Å²) >= 11 is 0. The van der Waals surface area contributed by atoms with Crippen LogP contribution in [0.1, 0.15) is 15.9 Å². The van der Waals surface area contributed by atoms with Crippen LogP contribution in [-0.4, -0.2) is 28.2 Å². The van der Waals surface area contributed by atoms with Crippen molar-refractivity contribution in [1.82, 2.24) is 9.97 Å². The Morgan fingerprint density at radius 1 is 1.32 bits per heavy atom. The highest BCUT2D eigenvalue weighted by Crippen LogP contribution is 2.20. The zero-order valence-electron chi connectivity index (χ0n) is 10.5. The summed E-state index contributed by atoms with van der Waals surface area (Å²) in [4.78, 5) is 18.9. The molecule has 0 aliphatic rings. The summed E-state index contributed by atoms with van der Waals surface area (Å²) in [7, 11) is 1.53. The summed E-state index contributed by atoms with van der Waals surface area (Å²) in [6, 6.07) is 6.64. The Labute approximate surface area is 110 Å². The Hall–Kier alpha value is -2.63. The highest BCUT2D eigenvalue weighted by atomic mass is 16.5. The molecule has 0 atom stereocenters. The van der Waals surface area contributed by atoms with Crippen LogP contribution in [0.4, 0.5) is 11.5 Å². The lowest BCUT2D eigenvalue weighted by Crippen LogP contribution is -2.01. The summed E-state index contributed by atoms with van der Waals surface area (Å²) in [6.07, 6.45) is 1.39. The molecule has 0 saturated carbocycles. The number of aromatic carboxylic acids is 1. The number of carboxylic acid groups (broad SMARTS) is 1. The molecule has 0 fully saturated rings. The molecule has 1 heterocycles. The molecule has 0 aliphatic carbocycles. The Balaban J connectivity index is 2.23. The lowest BCUT2D eigenvalue weighted by molar-refractivity contribution is 0.0696. The summed E-state index contributed by atoms with van der Waals surface area (Å²) in [5, 5.41) is 12.0. The van der Waals surface area contributed by atoms with Crippen LogP contribution in [0.3, 0.4) is 0 Å². The molecule has 6 nitrogen and oxygen atoms in total. The molecule has 1 aromatic carbocycles. The van der Waals surface area contributed by atoms with Crippen molar-refractivity contribution in [1.29, 1.82) is 0 Å². The number of anilines is 2. The molecule has 0 aliphatic heterocycles. The van der Waals surface area contributed by atoms with Crippen LogP contribution in [0.5, 0.6) is 5.88 Å². The number of carboxylic acids is 1. The molecule has 0 radical (unpaired) electrons. The zero-order valence-corrected chi connectivity index (χ0v) is 10.5. The van der Waals surface area contributed by atoms with E-state index in [0.717, 1.165) is 5.69 Å². The second-order valence-corrected chi connectivity index (χ2v) is 3.91. The molecule has 0 spiro atoms. The highest BCUT2D eigenvalue weighted by Gasteiger charge is 2.07. The van der Waals surface area contributed by atoms with Gasteiger partial charge in [0, 0.05) is 11.8 Å². The van der Waals surface area contributed by atoms with E-state index in [-0.39, 0.29) is 5.56 Å². The van der Waals surface area contributed by atoms with Crippen LogP contribution in [0.25, 0.3) is 0 Å². The number of benzene rings is 1. The molecular formula is C13H13N3O3. The van der Waals surface area contributed by atoms with E-state index in [9.17, 15) is 4.79 Å². The zero-order chi connectivity index (χ0) is 13.8. The van der Waals surface area contributed by atoms with E-state index in [0.29, 0.717) is 17.3 Å². The van der Waals surface area contributed by atoms with E-state index in [1.807, 2.05) is 0 Å². The minimum atomic E-state index is -0.937. The molecule has 2 aromatic rings. The molecule has 19 heavy (non-hydrogen) atoms. The molecule has 6 heteroatoms. The average molecular weight is 259 g/mol. The van der Waals surface area contributed by atoms with Gasteiger partial charge in [0.1, 0.15) is 12.1 Å². The van der Waals surface area contributed by atoms with Gasteiger partial charge in [0.05, 0.1) is 12.7 Å². The van der Waals surface area contributed by atoms with Crippen molar-refractivity contribution < 1.29 is 14.6 Å². The molecular weight excluding hydrogens is 246 g/mol. The Morgan fingerprint density at radius 3 is 2.74 bits per heavy atom. The number of hydrogen-bond acceptors (Lipinski definition) is 5. The second-order valence-electron chi connectivity index (χ2n) is 3.91. The molecule has 1 aromatic heterocycles. The number of carbonyl (C=O) groups is 1. The lowest BCUT2D eigenvalue weighted by Gasteiger charge is -2.08. The van der Waals surface area contributed by atoms with Gasteiger partial charge in [0.15, 0.2) is 0 Å². The Kier molecular flexibility index (Phi) is 3.61. The van der Waals surface area contributed by atoms with Gasteiger partial charge in [-0.2, -0.15) is 0 Å². The predicted molar refractivity (Wildman–Crippen MR) is 70.0 cm³/mol. The van der Waals surface area contributed by atoms with E-state index in [2.05, 4.69) is 15.3 Å². The average Bonchev–Trinajstić information content (AvgIpc) is 2.38. The predicted octanol–water partition coefficient (Wildman–Crippen LogP) is 2.24. The number of ether oxygens (including phenoxy) is 1. The van der Waals surface area contributed by atoms with Crippen molar-refractivity contribution in [3.8, 4) is 5.88 Å². The van der Waals surface area contributed by atoms with E-state index < -0.39 is 5.97 Å². The van der Waals surface area contributed by atoms with Gasteiger partial charge in [-0.15, -0.1) is 0 Å². The largest absolute Gasteiger partial charge is 0.481 e. The lowest BCUT2D eigenvalue weighted by atomic mass is 10.1. The maximum absolute atomic E-state index is 10.9. The Bertz CT molecular complexity index is 614. The summed E-state index contributed by atoms with van der Waals surface area (Å²) < 4.78 is 5.00. The van der Waals surface area contributed by atoms with Crippen LogP contribution in [0.2, 0.25) is 0 Å². The molecule has 0 amide bonds. The maximum Gasteiger partial charge on any atom is 0.335 e. The van der Waals surface area contributed by atoms with Crippen molar-refractivity contribution in [2.75, 3.05) is 12.4 Å². The first-order valence-corrected chi connectivity index (χ1v) is 5.57. The number of aromatic nitrogens is 2. The topological polar surface area (TPSA) is 84.3 Å². The van der Waals surface area contributed by atoms with Crippen LogP contribution < -0.4 is 10.1 Å². The van der Waals surface area contributed by atoms with Crippen LogP contribution in [-0.2, 0) is 0 Å². The first-order valence-electron chi connectivity index (χ1n) is 5.57. The highest BCUT2D eigenvalue weighted by molar-refractivity contribution is 5.90. The quantitative estimate of drug-likeness (QED) is 0.875. The molecule has 0 bridgehead atoms. The van der Waals surface area contributed by atoms with Crippen molar-refractivity contribution in [3.05, 3.63) is 41.7 Å². The van der Waals surface area contributed by atoms with Crippen molar-refractivity contribution in [3.63, 3.8) is 0 Å². The van der Waals surface area contributed by atoms with Crippen molar-refractivity contribution >= 4 is 17.5 Å². The minimum Gasteiger partial charge on any atom is -0.481 e. The third-order valence-corrected chi connectivity index (χ3v) is 2.58. The molecule has 0 unspecified atom stereocenters. The monoisotopic (exact) mass is 259 g/mol. The van der Waals surface area contributed by atoms with Crippen LogP contribution in [0, 0.1) is 6.92 Å². The van der Waals surface area contributed by atoms with Gasteiger partial charge in [-0.05, 0) is 30.7 Å². The van der Waals surface area contributed by atoms with Crippen LogP contribution in [0.15, 0.2) is 30.6 Å². The number of rotatable bonds is 4. The van der Waals surface area contributed by atoms with Gasteiger partial charge < -0.3 is 15.2 Å². The molecule has 0 saturated heterocycles. The van der Waals surface area contributed by atoms with Gasteiger partial charge in [0.2, 0.25) is 5.88 Å². The van der Waals surface area contributed by atoms with E-state index in [1.54, 1.807) is 31.2 Å². The van der Waals surface area contributed by atoms with E-state index in [1.165, 1.54) is 13.4 Å². The van der Waals surface area contributed by atoms with E-state index >= 15 is 0 Å². The fraction of sp³-hybridized carbons (Fsp3) is 0.154. The second kappa shape index (κ2) is 5.34. The normalized spacial score (nSPS) is 10.0. The number of aryl methyl sites for hydroxylation is 1. The number of methoxy groups -OCH3 is 1. The minimum absolute atomic E-state index is 0.283. The van der Waals surface area contributed by atoms with Crippen LogP contribution >= 0.6 is 0 Å². The molecule has 2 N–H and O–H groups in total. The number of hydrogen-bond donors (Lipinski definition) is 2. The SMILES string of the molecule is COc1cc(Nc2ccc(C(=O)O)c(C)c2)ncn1. The fourth-order valence-corrected chi connectivity index (χ4v) is 1.65. The van der Waals surface area contributed by atoms with Crippen molar-refractivity contribution in [2.24, 2.45) is 0 Å². The number of nitrogens with zero attached hydrogens (tertiary/aromatic N) is 2. The Morgan fingerprint density at radius 2 is 2.11 bits per heavy atom. The maximum atomic E-state index is 10.9.